The number of benzene rings is 2. The summed E-state index contributed by atoms with van der Waals surface area (Å²) in [6.45, 7) is 5.03. The lowest BCUT2D eigenvalue weighted by molar-refractivity contribution is -0.129. The summed E-state index contributed by atoms with van der Waals surface area (Å²) in [6.07, 6.45) is 0. The molecule has 4 heteroatoms. The van der Waals surface area contributed by atoms with Gasteiger partial charge in [0.2, 0.25) is 0 Å². The molecule has 0 saturated heterocycles. The van der Waals surface area contributed by atoms with Crippen molar-refractivity contribution in [2.75, 3.05) is 0 Å². The van der Waals surface area contributed by atoms with Gasteiger partial charge in [-0.15, -0.1) is 0 Å². The van der Waals surface area contributed by atoms with Crippen LogP contribution in [0, 0.1) is 0 Å². The molecule has 0 radical (unpaired) electrons. The number of rotatable bonds is 3. The monoisotopic (exact) mass is 256 g/mol. The molecule has 0 saturated carbocycles. The van der Waals surface area contributed by atoms with Gasteiger partial charge in [-0.1, -0.05) is 30.8 Å². The van der Waals surface area contributed by atoms with Crippen LogP contribution in [-0.2, 0) is 4.79 Å². The number of fused-ring (bicyclic) bond motifs is 1. The molecule has 0 atom stereocenters. The van der Waals surface area contributed by atoms with E-state index in [1.807, 2.05) is 0 Å². The van der Waals surface area contributed by atoms with Crippen LogP contribution in [0.4, 0.5) is 0 Å². The van der Waals surface area contributed by atoms with E-state index in [0.29, 0.717) is 10.8 Å². The van der Waals surface area contributed by atoms with E-state index >= 15 is 0 Å². The zero-order valence-corrected chi connectivity index (χ0v) is 10.3. The van der Waals surface area contributed by atoms with Crippen LogP contribution in [0.2, 0.25) is 0 Å². The van der Waals surface area contributed by atoms with Crippen molar-refractivity contribution >= 4 is 22.7 Å². The molecular formula is C15H12O4. The first-order chi connectivity index (χ1) is 9.00. The molecule has 19 heavy (non-hydrogen) atoms. The van der Waals surface area contributed by atoms with E-state index in [2.05, 4.69) is 6.58 Å². The van der Waals surface area contributed by atoms with Crippen LogP contribution in [-0.4, -0.2) is 17.0 Å². The van der Waals surface area contributed by atoms with E-state index in [-0.39, 0.29) is 16.9 Å². The second-order valence-corrected chi connectivity index (χ2v) is 4.13. The molecule has 2 aromatic carbocycles. The highest BCUT2D eigenvalue weighted by Gasteiger charge is 2.15. The number of aromatic carboxylic acids is 1. The van der Waals surface area contributed by atoms with E-state index in [9.17, 15) is 14.7 Å². The van der Waals surface area contributed by atoms with Gasteiger partial charge >= 0.3 is 11.9 Å². The van der Waals surface area contributed by atoms with Gasteiger partial charge in [0.15, 0.2) is 0 Å². The Labute approximate surface area is 109 Å². The molecule has 0 fully saturated rings. The van der Waals surface area contributed by atoms with Crippen LogP contribution >= 0.6 is 0 Å². The summed E-state index contributed by atoms with van der Waals surface area (Å²) in [7, 11) is 0. The van der Waals surface area contributed by atoms with E-state index in [1.54, 1.807) is 30.3 Å². The topological polar surface area (TPSA) is 63.6 Å². The number of hydrogen-bond acceptors (Lipinski definition) is 3. The summed E-state index contributed by atoms with van der Waals surface area (Å²) in [6, 6.07) is 9.92. The van der Waals surface area contributed by atoms with E-state index in [1.165, 1.54) is 13.0 Å². The summed E-state index contributed by atoms with van der Waals surface area (Å²) in [5.41, 5.74) is 0.354. The molecule has 96 valence electrons. The molecule has 0 amide bonds. The fourth-order valence-corrected chi connectivity index (χ4v) is 1.76. The molecule has 0 unspecified atom stereocenters. The van der Waals surface area contributed by atoms with Crippen molar-refractivity contribution in [2.45, 2.75) is 6.92 Å². The van der Waals surface area contributed by atoms with Gasteiger partial charge in [-0.3, -0.25) is 0 Å². The predicted octanol–water partition coefficient (Wildman–Crippen LogP) is 3.02. The largest absolute Gasteiger partial charge is 0.478 e. The van der Waals surface area contributed by atoms with Crippen LogP contribution in [0.15, 0.2) is 48.6 Å². The van der Waals surface area contributed by atoms with Crippen molar-refractivity contribution in [3.8, 4) is 5.75 Å². The molecule has 2 aromatic rings. The first kappa shape index (κ1) is 12.8. The van der Waals surface area contributed by atoms with Crippen molar-refractivity contribution in [3.63, 3.8) is 0 Å². The summed E-state index contributed by atoms with van der Waals surface area (Å²) in [5, 5.41) is 10.3. The number of esters is 1. The van der Waals surface area contributed by atoms with Crippen molar-refractivity contribution in [2.24, 2.45) is 0 Å². The molecular weight excluding hydrogens is 244 g/mol. The van der Waals surface area contributed by atoms with Gasteiger partial charge < -0.3 is 9.84 Å². The highest BCUT2D eigenvalue weighted by atomic mass is 16.5. The Balaban J connectivity index is 2.64. The molecule has 0 heterocycles. The zero-order chi connectivity index (χ0) is 14.0. The Kier molecular flexibility index (Phi) is 3.33. The first-order valence-electron chi connectivity index (χ1n) is 5.63. The molecule has 0 aliphatic rings. The smallest absolute Gasteiger partial charge is 0.338 e. The van der Waals surface area contributed by atoms with Gasteiger partial charge in [0.25, 0.3) is 0 Å². The van der Waals surface area contributed by atoms with Crippen LogP contribution in [0.5, 0.6) is 5.75 Å². The molecule has 0 bridgehead atoms. The van der Waals surface area contributed by atoms with Gasteiger partial charge in [-0.2, -0.15) is 0 Å². The fourth-order valence-electron chi connectivity index (χ4n) is 1.76. The minimum absolute atomic E-state index is 0.0996. The fraction of sp³-hybridized carbons (Fsp3) is 0.0667. The molecule has 0 aliphatic carbocycles. The second-order valence-electron chi connectivity index (χ2n) is 4.13. The lowest BCUT2D eigenvalue weighted by Gasteiger charge is -2.09. The Morgan fingerprint density at radius 3 is 2.37 bits per heavy atom. The first-order valence-corrected chi connectivity index (χ1v) is 5.63. The number of carbonyl (C=O) groups excluding carboxylic acids is 1. The maximum absolute atomic E-state index is 11.6. The van der Waals surface area contributed by atoms with Crippen LogP contribution < -0.4 is 4.74 Å². The third kappa shape index (κ3) is 2.47. The average Bonchev–Trinajstić information content (AvgIpc) is 2.38. The van der Waals surface area contributed by atoms with E-state index < -0.39 is 11.9 Å². The maximum Gasteiger partial charge on any atom is 0.338 e. The van der Waals surface area contributed by atoms with Crippen LogP contribution in [0.25, 0.3) is 10.8 Å². The number of carboxylic acid groups (broad SMARTS) is 1. The Morgan fingerprint density at radius 1 is 1.16 bits per heavy atom. The van der Waals surface area contributed by atoms with Crippen molar-refractivity contribution < 1.29 is 19.4 Å². The molecule has 2 rings (SSSR count). The highest BCUT2D eigenvalue weighted by Crippen LogP contribution is 2.29. The molecule has 0 aromatic heterocycles. The van der Waals surface area contributed by atoms with Crippen molar-refractivity contribution in [3.05, 3.63) is 54.1 Å². The third-order valence-corrected chi connectivity index (χ3v) is 2.65. The van der Waals surface area contributed by atoms with Gasteiger partial charge in [0.1, 0.15) is 5.75 Å². The van der Waals surface area contributed by atoms with Crippen LogP contribution in [0.1, 0.15) is 17.3 Å². The Morgan fingerprint density at radius 2 is 1.79 bits per heavy atom. The predicted molar refractivity (Wildman–Crippen MR) is 71.4 cm³/mol. The molecule has 0 aliphatic heterocycles. The van der Waals surface area contributed by atoms with Gasteiger partial charge in [-0.25, -0.2) is 9.59 Å². The normalized spacial score (nSPS) is 10.2. The second kappa shape index (κ2) is 4.94. The molecule has 0 spiro atoms. The van der Waals surface area contributed by atoms with E-state index in [0.717, 1.165) is 0 Å². The third-order valence-electron chi connectivity index (χ3n) is 2.65. The summed E-state index contributed by atoms with van der Waals surface area (Å²) in [4.78, 5) is 22.8. The standard InChI is InChI=1S/C15H12O4/c1-9(2)15(18)19-12-8-4-6-10-5-3-7-11(13(10)12)14(16)17/h3-8H,1H2,2H3,(H,16,17). The number of ether oxygens (including phenoxy) is 1. The van der Waals surface area contributed by atoms with Gasteiger partial charge in [-0.05, 0) is 24.4 Å². The summed E-state index contributed by atoms with van der Waals surface area (Å²) < 4.78 is 5.18. The zero-order valence-electron chi connectivity index (χ0n) is 10.3. The van der Waals surface area contributed by atoms with Crippen LogP contribution in [0.3, 0.4) is 0 Å². The Hall–Kier alpha value is -2.62. The summed E-state index contributed by atoms with van der Waals surface area (Å²) in [5.74, 6) is -1.42. The quantitative estimate of drug-likeness (QED) is 0.521. The average molecular weight is 256 g/mol. The lowest BCUT2D eigenvalue weighted by atomic mass is 10.0. The SMILES string of the molecule is C=C(C)C(=O)Oc1cccc2cccc(C(=O)O)c12. The summed E-state index contributed by atoms with van der Waals surface area (Å²) >= 11 is 0. The van der Waals surface area contributed by atoms with E-state index in [4.69, 9.17) is 4.74 Å². The molecule has 1 N–H and O–H groups in total. The minimum Gasteiger partial charge on any atom is -0.478 e. The van der Waals surface area contributed by atoms with Crippen molar-refractivity contribution in [1.29, 1.82) is 0 Å². The van der Waals surface area contributed by atoms with Gasteiger partial charge in [0.05, 0.1) is 5.56 Å². The number of hydrogen-bond donors (Lipinski definition) is 1. The lowest BCUT2D eigenvalue weighted by Crippen LogP contribution is -2.09. The number of carbonyl (C=O) groups is 2. The maximum atomic E-state index is 11.6. The van der Waals surface area contributed by atoms with Gasteiger partial charge in [0, 0.05) is 11.0 Å². The number of carboxylic acids is 1. The Bertz CT molecular complexity index is 680. The highest BCUT2D eigenvalue weighted by molar-refractivity contribution is 6.07. The minimum atomic E-state index is -1.07. The van der Waals surface area contributed by atoms with Crippen molar-refractivity contribution in [1.82, 2.24) is 0 Å². The molecule has 4 nitrogen and oxygen atoms in total.